The van der Waals surface area contributed by atoms with Crippen LogP contribution < -0.4 is 25.5 Å². The average molecular weight is 198 g/mol. The molecule has 78 valence electrons. The van der Waals surface area contributed by atoms with Gasteiger partial charge in [0.15, 0.2) is 11.5 Å². The maximum absolute atomic E-state index is 5.34. The van der Waals surface area contributed by atoms with Gasteiger partial charge in [-0.15, -0.1) is 0 Å². The van der Waals surface area contributed by atoms with Gasteiger partial charge in [-0.25, -0.2) is 0 Å². The van der Waals surface area contributed by atoms with Crippen LogP contribution in [0.4, 0.5) is 5.69 Å². The zero-order chi connectivity index (χ0) is 10.6. The third kappa shape index (κ3) is 1.82. The molecule has 0 atom stereocenters. The van der Waals surface area contributed by atoms with Crippen LogP contribution in [0.5, 0.6) is 17.2 Å². The molecule has 0 bridgehead atoms. The van der Waals surface area contributed by atoms with E-state index < -0.39 is 0 Å². The molecule has 0 heterocycles. The quantitative estimate of drug-likeness (QED) is 0.558. The summed E-state index contributed by atoms with van der Waals surface area (Å²) in [6, 6.07) is 3.44. The first kappa shape index (κ1) is 10.5. The number of hydrazine groups is 1. The van der Waals surface area contributed by atoms with Gasteiger partial charge >= 0.3 is 0 Å². The summed E-state index contributed by atoms with van der Waals surface area (Å²) >= 11 is 0. The first-order chi connectivity index (χ1) is 6.76. The Morgan fingerprint density at radius 3 is 1.79 bits per heavy atom. The molecular weight excluding hydrogens is 184 g/mol. The monoisotopic (exact) mass is 198 g/mol. The molecular formula is C9H14N2O3. The Hall–Kier alpha value is -1.62. The lowest BCUT2D eigenvalue weighted by Crippen LogP contribution is -2.09. The summed E-state index contributed by atoms with van der Waals surface area (Å²) in [6.45, 7) is 0. The van der Waals surface area contributed by atoms with E-state index in [1.165, 1.54) is 0 Å². The van der Waals surface area contributed by atoms with Crippen LogP contribution in [-0.4, -0.2) is 21.3 Å². The van der Waals surface area contributed by atoms with E-state index in [9.17, 15) is 0 Å². The van der Waals surface area contributed by atoms with Gasteiger partial charge in [-0.3, -0.25) is 5.84 Å². The Kier molecular flexibility index (Phi) is 3.41. The number of nitrogens with two attached hydrogens (primary N) is 1. The van der Waals surface area contributed by atoms with Crippen LogP contribution in [0.1, 0.15) is 0 Å². The predicted octanol–water partition coefficient (Wildman–Crippen LogP) is 0.998. The van der Waals surface area contributed by atoms with Crippen LogP contribution in [0.15, 0.2) is 12.1 Å². The molecule has 0 saturated heterocycles. The minimum atomic E-state index is 0.573. The molecule has 0 aliphatic carbocycles. The lowest BCUT2D eigenvalue weighted by molar-refractivity contribution is 0.377. The third-order valence-corrected chi connectivity index (χ3v) is 1.86. The molecule has 1 rings (SSSR count). The van der Waals surface area contributed by atoms with Crippen molar-refractivity contribution in [3.05, 3.63) is 12.1 Å². The van der Waals surface area contributed by atoms with E-state index in [0.717, 1.165) is 0 Å². The van der Waals surface area contributed by atoms with Crippen molar-refractivity contribution < 1.29 is 14.2 Å². The van der Waals surface area contributed by atoms with E-state index in [1.807, 2.05) is 0 Å². The van der Waals surface area contributed by atoms with Gasteiger partial charge in [0.1, 0.15) is 11.4 Å². The number of nitrogen functional groups attached to an aromatic ring is 1. The standard InChI is InChI=1S/C9H14N2O3/c1-12-6-4-7(13-2)9(11-10)8(5-6)14-3/h4-5,11H,10H2,1-3H3. The van der Waals surface area contributed by atoms with Gasteiger partial charge in [0.2, 0.25) is 0 Å². The van der Waals surface area contributed by atoms with E-state index >= 15 is 0 Å². The highest BCUT2D eigenvalue weighted by Crippen LogP contribution is 2.37. The summed E-state index contributed by atoms with van der Waals surface area (Å²) in [5.74, 6) is 7.14. The molecule has 0 saturated carbocycles. The van der Waals surface area contributed by atoms with Crippen LogP contribution in [-0.2, 0) is 0 Å². The van der Waals surface area contributed by atoms with Gasteiger partial charge in [-0.05, 0) is 0 Å². The largest absolute Gasteiger partial charge is 0.496 e. The maximum atomic E-state index is 5.34. The van der Waals surface area contributed by atoms with Gasteiger partial charge in [0.05, 0.1) is 21.3 Å². The van der Waals surface area contributed by atoms with E-state index in [1.54, 1.807) is 33.5 Å². The Morgan fingerprint density at radius 2 is 1.50 bits per heavy atom. The maximum Gasteiger partial charge on any atom is 0.150 e. The molecule has 0 aliphatic rings. The number of rotatable bonds is 4. The molecule has 5 heteroatoms. The normalized spacial score (nSPS) is 9.43. The minimum absolute atomic E-state index is 0.573. The van der Waals surface area contributed by atoms with Crippen LogP contribution in [0.2, 0.25) is 0 Å². The Balaban J connectivity index is 3.24. The second-order valence-electron chi connectivity index (χ2n) is 2.55. The van der Waals surface area contributed by atoms with Crippen molar-refractivity contribution in [2.75, 3.05) is 26.8 Å². The highest BCUT2D eigenvalue weighted by molar-refractivity contribution is 5.68. The Labute approximate surface area is 82.7 Å². The molecule has 0 fully saturated rings. The average Bonchev–Trinajstić information content (AvgIpc) is 2.26. The predicted molar refractivity (Wildman–Crippen MR) is 53.9 cm³/mol. The van der Waals surface area contributed by atoms with Crippen molar-refractivity contribution in [3.8, 4) is 17.2 Å². The number of methoxy groups -OCH3 is 3. The molecule has 0 radical (unpaired) electrons. The van der Waals surface area contributed by atoms with Gasteiger partial charge < -0.3 is 19.6 Å². The van der Waals surface area contributed by atoms with Crippen molar-refractivity contribution in [3.63, 3.8) is 0 Å². The molecule has 0 aliphatic heterocycles. The van der Waals surface area contributed by atoms with Crippen molar-refractivity contribution >= 4 is 5.69 Å². The highest BCUT2D eigenvalue weighted by Gasteiger charge is 2.11. The zero-order valence-electron chi connectivity index (χ0n) is 8.46. The number of ether oxygens (including phenoxy) is 3. The van der Waals surface area contributed by atoms with Crippen LogP contribution >= 0.6 is 0 Å². The molecule has 3 N–H and O–H groups in total. The number of hydrogen-bond donors (Lipinski definition) is 2. The SMILES string of the molecule is COc1cc(OC)c(NN)c(OC)c1. The molecule has 0 aromatic heterocycles. The lowest BCUT2D eigenvalue weighted by Gasteiger charge is -2.13. The fraction of sp³-hybridized carbons (Fsp3) is 0.333. The fourth-order valence-electron chi connectivity index (χ4n) is 1.15. The number of anilines is 1. The van der Waals surface area contributed by atoms with Gasteiger partial charge in [0, 0.05) is 12.1 Å². The lowest BCUT2D eigenvalue weighted by atomic mass is 10.2. The summed E-state index contributed by atoms with van der Waals surface area (Å²) in [5, 5.41) is 0. The van der Waals surface area contributed by atoms with Crippen LogP contribution in [0, 0.1) is 0 Å². The van der Waals surface area contributed by atoms with Crippen LogP contribution in [0.25, 0.3) is 0 Å². The van der Waals surface area contributed by atoms with Crippen molar-refractivity contribution in [2.24, 2.45) is 5.84 Å². The van der Waals surface area contributed by atoms with Gasteiger partial charge in [0.25, 0.3) is 0 Å². The molecule has 14 heavy (non-hydrogen) atoms. The number of nitrogens with one attached hydrogen (secondary N) is 1. The van der Waals surface area contributed by atoms with E-state index in [4.69, 9.17) is 20.1 Å². The number of hydrogen-bond acceptors (Lipinski definition) is 5. The summed E-state index contributed by atoms with van der Waals surface area (Å²) in [7, 11) is 4.67. The van der Waals surface area contributed by atoms with Crippen molar-refractivity contribution in [2.45, 2.75) is 0 Å². The Bertz CT molecular complexity index is 290. The van der Waals surface area contributed by atoms with Crippen molar-refractivity contribution in [1.82, 2.24) is 0 Å². The number of benzene rings is 1. The molecule has 1 aromatic rings. The van der Waals surface area contributed by atoms with Crippen LogP contribution in [0.3, 0.4) is 0 Å². The first-order valence-corrected chi connectivity index (χ1v) is 4.03. The smallest absolute Gasteiger partial charge is 0.150 e. The second-order valence-corrected chi connectivity index (χ2v) is 2.55. The molecule has 0 spiro atoms. The fourth-order valence-corrected chi connectivity index (χ4v) is 1.15. The summed E-state index contributed by atoms with van der Waals surface area (Å²) in [5.41, 5.74) is 3.11. The van der Waals surface area contributed by atoms with Gasteiger partial charge in [-0.1, -0.05) is 0 Å². The highest BCUT2D eigenvalue weighted by atomic mass is 16.5. The summed E-state index contributed by atoms with van der Waals surface area (Å²) < 4.78 is 15.3. The summed E-state index contributed by atoms with van der Waals surface area (Å²) in [6.07, 6.45) is 0. The molecule has 0 amide bonds. The van der Waals surface area contributed by atoms with Gasteiger partial charge in [-0.2, -0.15) is 0 Å². The summed E-state index contributed by atoms with van der Waals surface area (Å²) in [4.78, 5) is 0. The van der Waals surface area contributed by atoms with Crippen molar-refractivity contribution in [1.29, 1.82) is 0 Å². The molecule has 0 unspecified atom stereocenters. The first-order valence-electron chi connectivity index (χ1n) is 4.03. The van der Waals surface area contributed by atoms with E-state index in [-0.39, 0.29) is 0 Å². The Morgan fingerprint density at radius 1 is 1.00 bits per heavy atom. The van der Waals surface area contributed by atoms with E-state index in [2.05, 4.69) is 5.43 Å². The second kappa shape index (κ2) is 4.57. The third-order valence-electron chi connectivity index (χ3n) is 1.86. The molecule has 5 nitrogen and oxygen atoms in total. The minimum Gasteiger partial charge on any atom is -0.496 e. The zero-order valence-corrected chi connectivity index (χ0v) is 8.46. The topological polar surface area (TPSA) is 65.7 Å². The molecule has 1 aromatic carbocycles. The van der Waals surface area contributed by atoms with E-state index in [0.29, 0.717) is 22.9 Å².